The molecule has 0 unspecified atom stereocenters. The van der Waals surface area contributed by atoms with Gasteiger partial charge in [-0.1, -0.05) is 36.4 Å². The molecule has 8 heteroatoms. The molecule has 7 nitrogen and oxygen atoms in total. The van der Waals surface area contributed by atoms with Crippen molar-refractivity contribution in [3.63, 3.8) is 0 Å². The van der Waals surface area contributed by atoms with Crippen LogP contribution in [0.3, 0.4) is 0 Å². The summed E-state index contributed by atoms with van der Waals surface area (Å²) in [6.07, 6.45) is 8.31. The van der Waals surface area contributed by atoms with Crippen LogP contribution in [0.2, 0.25) is 0 Å². The van der Waals surface area contributed by atoms with Crippen LogP contribution < -0.4 is 4.74 Å². The Kier molecular flexibility index (Phi) is 5.18. The first-order valence-corrected chi connectivity index (χ1v) is 12.3. The van der Waals surface area contributed by atoms with E-state index in [0.717, 1.165) is 50.9 Å². The van der Waals surface area contributed by atoms with Gasteiger partial charge >= 0.3 is 0 Å². The Hall–Kier alpha value is -4.98. The van der Waals surface area contributed by atoms with Crippen molar-refractivity contribution < 1.29 is 9.13 Å². The zero-order chi connectivity index (χ0) is 25.6. The lowest BCUT2D eigenvalue weighted by molar-refractivity contribution is 0.415. The Morgan fingerprint density at radius 2 is 1.79 bits per heavy atom. The fourth-order valence-electron chi connectivity index (χ4n) is 5.08. The van der Waals surface area contributed by atoms with Gasteiger partial charge in [-0.2, -0.15) is 10.2 Å². The van der Waals surface area contributed by atoms with Gasteiger partial charge in [-0.25, -0.2) is 14.1 Å². The number of benzene rings is 3. The van der Waals surface area contributed by atoms with Crippen LogP contribution >= 0.6 is 0 Å². The molecule has 0 atom stereocenters. The van der Waals surface area contributed by atoms with Crippen LogP contribution in [0.15, 0.2) is 97.7 Å². The second-order valence-corrected chi connectivity index (χ2v) is 9.27. The van der Waals surface area contributed by atoms with Gasteiger partial charge in [0.05, 0.1) is 48.3 Å². The van der Waals surface area contributed by atoms with Gasteiger partial charge in [0.25, 0.3) is 0 Å². The summed E-state index contributed by atoms with van der Waals surface area (Å²) in [7, 11) is 1.65. The van der Waals surface area contributed by atoms with Crippen LogP contribution in [0.25, 0.3) is 33.9 Å². The smallest absolute Gasteiger partial charge is 0.128 e. The summed E-state index contributed by atoms with van der Waals surface area (Å²) in [6, 6.07) is 22.8. The summed E-state index contributed by atoms with van der Waals surface area (Å²) >= 11 is 0. The van der Waals surface area contributed by atoms with Gasteiger partial charge in [0, 0.05) is 41.1 Å². The number of hydrogen-bond donors (Lipinski definition) is 0. The minimum atomic E-state index is -0.240. The van der Waals surface area contributed by atoms with Crippen LogP contribution in [0.1, 0.15) is 16.8 Å². The predicted molar refractivity (Wildman–Crippen MR) is 142 cm³/mol. The Bertz CT molecular complexity index is 1780. The van der Waals surface area contributed by atoms with Gasteiger partial charge in [0.2, 0.25) is 0 Å². The van der Waals surface area contributed by atoms with E-state index < -0.39 is 0 Å². The van der Waals surface area contributed by atoms with Crippen LogP contribution in [0.5, 0.6) is 5.75 Å². The molecule has 1 aliphatic heterocycles. The molecule has 0 bridgehead atoms. The zero-order valence-electron chi connectivity index (χ0n) is 20.6. The van der Waals surface area contributed by atoms with Gasteiger partial charge in [-0.15, -0.1) is 0 Å². The maximum atomic E-state index is 14.4. The summed E-state index contributed by atoms with van der Waals surface area (Å²) in [5, 5.41) is 9.50. The topological polar surface area (TPSA) is 62.7 Å². The summed E-state index contributed by atoms with van der Waals surface area (Å²) in [5.74, 6) is 0.502. The number of methoxy groups -OCH3 is 1. The highest BCUT2D eigenvalue weighted by atomic mass is 19.1. The molecule has 186 valence electrons. The number of aromatic nitrogens is 6. The molecule has 0 saturated carbocycles. The number of hydrogen-bond acceptors (Lipinski definition) is 4. The summed E-state index contributed by atoms with van der Waals surface area (Å²) in [5.41, 5.74) is 8.20. The predicted octanol–water partition coefficient (Wildman–Crippen LogP) is 5.69. The molecule has 3 aromatic heterocycles. The average Bonchev–Trinajstić information content (AvgIpc) is 3.68. The van der Waals surface area contributed by atoms with Gasteiger partial charge in [-0.05, 0) is 36.4 Å². The highest BCUT2D eigenvalue weighted by Crippen LogP contribution is 2.39. The van der Waals surface area contributed by atoms with Crippen molar-refractivity contribution in [1.29, 1.82) is 0 Å². The van der Waals surface area contributed by atoms with Crippen molar-refractivity contribution >= 4 is 0 Å². The van der Waals surface area contributed by atoms with E-state index in [1.807, 2.05) is 88.9 Å². The van der Waals surface area contributed by atoms with Crippen LogP contribution in [0, 0.1) is 5.82 Å². The third kappa shape index (κ3) is 3.69. The fraction of sp³-hybridized carbons (Fsp3) is 0.100. The quantitative estimate of drug-likeness (QED) is 0.303. The van der Waals surface area contributed by atoms with E-state index in [0.29, 0.717) is 18.5 Å². The van der Waals surface area contributed by atoms with Gasteiger partial charge in [-0.3, -0.25) is 4.68 Å². The van der Waals surface area contributed by atoms with E-state index in [-0.39, 0.29) is 5.82 Å². The lowest BCUT2D eigenvalue weighted by Crippen LogP contribution is -2.04. The molecule has 0 fully saturated rings. The largest absolute Gasteiger partial charge is 0.497 e. The Labute approximate surface area is 218 Å². The number of imidazole rings is 1. The van der Waals surface area contributed by atoms with E-state index in [9.17, 15) is 4.39 Å². The number of nitrogens with zero attached hydrogens (tertiary/aromatic N) is 6. The molecule has 0 aliphatic carbocycles. The average molecular weight is 503 g/mol. The molecule has 4 heterocycles. The Morgan fingerprint density at radius 3 is 2.63 bits per heavy atom. The number of para-hydroxylation sites is 1. The summed E-state index contributed by atoms with van der Waals surface area (Å²) in [6.45, 7) is 0.342. The third-order valence-electron chi connectivity index (χ3n) is 6.95. The van der Waals surface area contributed by atoms with E-state index in [2.05, 4.69) is 9.67 Å². The molecule has 0 saturated heterocycles. The second kappa shape index (κ2) is 8.85. The number of fused-ring (bicyclic) bond motifs is 5. The lowest BCUT2D eigenvalue weighted by atomic mass is 10.0. The normalized spacial score (nSPS) is 11.9. The first-order chi connectivity index (χ1) is 18.7. The Morgan fingerprint density at radius 1 is 0.947 bits per heavy atom. The van der Waals surface area contributed by atoms with Crippen LogP contribution in [0.4, 0.5) is 4.39 Å². The van der Waals surface area contributed by atoms with E-state index in [1.54, 1.807) is 19.2 Å². The van der Waals surface area contributed by atoms with Gasteiger partial charge in [0.1, 0.15) is 17.9 Å². The molecule has 7 rings (SSSR count). The highest BCUT2D eigenvalue weighted by Gasteiger charge is 2.26. The van der Waals surface area contributed by atoms with Gasteiger partial charge < -0.3 is 9.30 Å². The molecular formula is C30H23FN6O. The molecular weight excluding hydrogens is 479 g/mol. The summed E-state index contributed by atoms with van der Waals surface area (Å²) < 4.78 is 25.7. The first-order valence-electron chi connectivity index (χ1n) is 12.3. The molecule has 0 N–H and O–H groups in total. The van der Waals surface area contributed by atoms with E-state index >= 15 is 0 Å². The van der Waals surface area contributed by atoms with Crippen LogP contribution in [-0.4, -0.2) is 36.2 Å². The molecule has 6 aromatic rings. The lowest BCUT2D eigenvalue weighted by Gasteiger charge is -2.11. The third-order valence-corrected chi connectivity index (χ3v) is 6.95. The highest BCUT2D eigenvalue weighted by molar-refractivity contribution is 5.78. The monoisotopic (exact) mass is 502 g/mol. The van der Waals surface area contributed by atoms with Crippen molar-refractivity contribution in [1.82, 2.24) is 29.1 Å². The van der Waals surface area contributed by atoms with Crippen molar-refractivity contribution in [2.75, 3.05) is 7.11 Å². The van der Waals surface area contributed by atoms with Gasteiger partial charge in [0.15, 0.2) is 0 Å². The zero-order valence-corrected chi connectivity index (χ0v) is 20.6. The maximum Gasteiger partial charge on any atom is 0.128 e. The van der Waals surface area contributed by atoms with E-state index in [4.69, 9.17) is 14.8 Å². The van der Waals surface area contributed by atoms with Crippen molar-refractivity contribution in [2.24, 2.45) is 0 Å². The van der Waals surface area contributed by atoms with Crippen molar-refractivity contribution in [3.8, 4) is 39.6 Å². The number of rotatable bonds is 5. The fourth-order valence-corrected chi connectivity index (χ4v) is 5.08. The van der Waals surface area contributed by atoms with E-state index in [1.165, 1.54) is 6.07 Å². The molecule has 1 aliphatic rings. The summed E-state index contributed by atoms with van der Waals surface area (Å²) in [4.78, 5) is 4.82. The second-order valence-electron chi connectivity index (χ2n) is 9.27. The molecule has 0 spiro atoms. The first kappa shape index (κ1) is 22.2. The number of ether oxygens (including phenoxy) is 1. The van der Waals surface area contributed by atoms with Crippen LogP contribution in [-0.2, 0) is 13.0 Å². The Balaban J connectivity index is 1.35. The maximum absolute atomic E-state index is 14.4. The molecule has 3 aromatic carbocycles. The van der Waals surface area contributed by atoms with Crippen molar-refractivity contribution in [3.05, 3.63) is 120 Å². The molecule has 0 amide bonds. The molecule has 0 radical (unpaired) electrons. The minimum Gasteiger partial charge on any atom is -0.497 e. The SMILES string of the molecule is COc1ccc2c(c1)-c1nn(Cc3ccccc3F)cc1Cc1c(-c3cnn(-c4ccccc4)c3)ncn1-2. The minimum absolute atomic E-state index is 0.240. The van der Waals surface area contributed by atoms with Crippen molar-refractivity contribution in [2.45, 2.75) is 13.0 Å². The standard InChI is InChI=1S/C30H23FN6O/c1-38-24-11-12-27-25(14-24)29-21(17-35(34-29)16-20-7-5-6-10-26(20)31)13-28-30(32-19-36(27)28)22-15-33-37(18-22)23-8-3-2-4-9-23/h2-12,14-15,17-19H,13,16H2,1H3. The number of halogens is 1. The molecule has 38 heavy (non-hydrogen) atoms.